The number of carbonyl (C=O) groups is 2. The van der Waals surface area contributed by atoms with Gasteiger partial charge in [-0.1, -0.05) is 11.6 Å². The predicted octanol–water partition coefficient (Wildman–Crippen LogP) is 2.02. The van der Waals surface area contributed by atoms with Gasteiger partial charge in [0.1, 0.15) is 5.69 Å². The van der Waals surface area contributed by atoms with Crippen molar-refractivity contribution in [1.82, 2.24) is 9.78 Å². The van der Waals surface area contributed by atoms with E-state index in [2.05, 4.69) is 10.4 Å². The first-order chi connectivity index (χ1) is 8.99. The number of benzene rings is 1. The average molecular weight is 280 g/mol. The number of aromatic carboxylic acids is 1. The number of rotatable bonds is 3. The summed E-state index contributed by atoms with van der Waals surface area (Å²) < 4.78 is 1.39. The van der Waals surface area contributed by atoms with Crippen molar-refractivity contribution < 1.29 is 14.7 Å². The van der Waals surface area contributed by atoms with Crippen LogP contribution in [0.15, 0.2) is 30.5 Å². The summed E-state index contributed by atoms with van der Waals surface area (Å²) in [6, 6.07) is 5.77. The SMILES string of the molecule is Cn1nccc1C(=O)Nc1ccc(Cl)cc1C(=O)O. The second-order valence-corrected chi connectivity index (χ2v) is 4.23. The summed E-state index contributed by atoms with van der Waals surface area (Å²) in [6.07, 6.45) is 1.48. The lowest BCUT2D eigenvalue weighted by molar-refractivity contribution is 0.0698. The summed E-state index contributed by atoms with van der Waals surface area (Å²) >= 11 is 5.73. The highest BCUT2D eigenvalue weighted by atomic mass is 35.5. The quantitative estimate of drug-likeness (QED) is 0.900. The molecule has 0 atom stereocenters. The summed E-state index contributed by atoms with van der Waals surface area (Å²) in [5.41, 5.74) is 0.442. The van der Waals surface area contributed by atoms with Gasteiger partial charge in [0.2, 0.25) is 0 Å². The topological polar surface area (TPSA) is 84.2 Å². The molecule has 1 amide bonds. The molecule has 1 heterocycles. The minimum Gasteiger partial charge on any atom is -0.478 e. The Hall–Kier alpha value is -2.34. The van der Waals surface area contributed by atoms with Crippen molar-refractivity contribution in [2.75, 3.05) is 5.32 Å². The normalized spacial score (nSPS) is 10.2. The monoisotopic (exact) mass is 279 g/mol. The number of aryl methyl sites for hydroxylation is 1. The molecule has 0 saturated carbocycles. The fourth-order valence-electron chi connectivity index (χ4n) is 1.59. The number of amides is 1. The minimum atomic E-state index is -1.16. The van der Waals surface area contributed by atoms with E-state index in [0.29, 0.717) is 5.69 Å². The largest absolute Gasteiger partial charge is 0.478 e. The summed E-state index contributed by atoms with van der Waals surface area (Å²) in [4.78, 5) is 23.0. The summed E-state index contributed by atoms with van der Waals surface area (Å²) in [6.45, 7) is 0. The molecule has 2 rings (SSSR count). The lowest BCUT2D eigenvalue weighted by atomic mass is 10.1. The fourth-order valence-corrected chi connectivity index (χ4v) is 1.76. The highest BCUT2D eigenvalue weighted by molar-refractivity contribution is 6.31. The molecule has 2 N–H and O–H groups in total. The first-order valence-corrected chi connectivity index (χ1v) is 5.69. The number of hydrogen-bond acceptors (Lipinski definition) is 3. The van der Waals surface area contributed by atoms with Crippen LogP contribution in [0.25, 0.3) is 0 Å². The molecule has 1 aromatic heterocycles. The molecule has 6 nitrogen and oxygen atoms in total. The van der Waals surface area contributed by atoms with Gasteiger partial charge in [-0.15, -0.1) is 0 Å². The zero-order valence-electron chi connectivity index (χ0n) is 9.92. The van der Waals surface area contributed by atoms with E-state index >= 15 is 0 Å². The summed E-state index contributed by atoms with van der Waals surface area (Å²) in [5, 5.41) is 15.7. The highest BCUT2D eigenvalue weighted by Gasteiger charge is 2.15. The van der Waals surface area contributed by atoms with Crippen LogP contribution in [-0.2, 0) is 7.05 Å². The Morgan fingerprint density at radius 1 is 1.37 bits per heavy atom. The molecule has 0 aliphatic heterocycles. The van der Waals surface area contributed by atoms with Gasteiger partial charge in [-0.25, -0.2) is 4.79 Å². The molecule has 0 radical (unpaired) electrons. The number of carbonyl (C=O) groups excluding carboxylic acids is 1. The zero-order chi connectivity index (χ0) is 14.0. The molecule has 0 spiro atoms. The van der Waals surface area contributed by atoms with Gasteiger partial charge in [0.25, 0.3) is 5.91 Å². The van der Waals surface area contributed by atoms with Gasteiger partial charge in [-0.3, -0.25) is 9.48 Å². The standard InChI is InChI=1S/C12H10ClN3O3/c1-16-10(4-5-14-16)11(17)15-9-3-2-7(13)6-8(9)12(18)19/h2-6H,1H3,(H,15,17)(H,18,19). The van der Waals surface area contributed by atoms with Crippen molar-refractivity contribution >= 4 is 29.2 Å². The second-order valence-electron chi connectivity index (χ2n) is 3.79. The lowest BCUT2D eigenvalue weighted by Gasteiger charge is -2.08. The molecule has 2 aromatic rings. The number of nitrogens with one attached hydrogen (secondary N) is 1. The van der Waals surface area contributed by atoms with Crippen LogP contribution in [-0.4, -0.2) is 26.8 Å². The number of carboxylic acids is 1. The van der Waals surface area contributed by atoms with Crippen LogP contribution in [0.5, 0.6) is 0 Å². The molecule has 0 bridgehead atoms. The van der Waals surface area contributed by atoms with Gasteiger partial charge < -0.3 is 10.4 Å². The van der Waals surface area contributed by atoms with Gasteiger partial charge in [-0.05, 0) is 24.3 Å². The molecule has 0 saturated heterocycles. The first-order valence-electron chi connectivity index (χ1n) is 5.31. The van der Waals surface area contributed by atoms with E-state index in [1.54, 1.807) is 7.05 Å². The molecule has 19 heavy (non-hydrogen) atoms. The maximum Gasteiger partial charge on any atom is 0.337 e. The van der Waals surface area contributed by atoms with Crippen molar-refractivity contribution in [2.24, 2.45) is 7.05 Å². The third-order valence-corrected chi connectivity index (χ3v) is 2.75. The highest BCUT2D eigenvalue weighted by Crippen LogP contribution is 2.21. The van der Waals surface area contributed by atoms with E-state index in [1.165, 1.54) is 35.1 Å². The van der Waals surface area contributed by atoms with Crippen molar-refractivity contribution in [3.05, 3.63) is 46.7 Å². The van der Waals surface area contributed by atoms with Crippen molar-refractivity contribution in [3.8, 4) is 0 Å². The Kier molecular flexibility index (Phi) is 3.52. The molecule has 0 fully saturated rings. The molecule has 7 heteroatoms. The van der Waals surface area contributed by atoms with Crippen LogP contribution in [0, 0.1) is 0 Å². The van der Waals surface area contributed by atoms with Crippen molar-refractivity contribution in [1.29, 1.82) is 0 Å². The van der Waals surface area contributed by atoms with Gasteiger partial charge in [0, 0.05) is 18.3 Å². The molecule has 0 aliphatic carbocycles. The van der Waals surface area contributed by atoms with Crippen LogP contribution >= 0.6 is 11.6 Å². The smallest absolute Gasteiger partial charge is 0.337 e. The average Bonchev–Trinajstić information content (AvgIpc) is 2.77. The number of hydrogen-bond donors (Lipinski definition) is 2. The van der Waals surface area contributed by atoms with Crippen LogP contribution in [0.2, 0.25) is 5.02 Å². The van der Waals surface area contributed by atoms with Gasteiger partial charge in [0.15, 0.2) is 0 Å². The molecular weight excluding hydrogens is 270 g/mol. The minimum absolute atomic E-state index is 0.0666. The van der Waals surface area contributed by atoms with Crippen LogP contribution in [0.4, 0.5) is 5.69 Å². The van der Waals surface area contributed by atoms with E-state index in [9.17, 15) is 9.59 Å². The van der Waals surface area contributed by atoms with Crippen molar-refractivity contribution in [2.45, 2.75) is 0 Å². The van der Waals surface area contributed by atoms with Crippen LogP contribution < -0.4 is 5.32 Å². The van der Waals surface area contributed by atoms with E-state index in [1.807, 2.05) is 0 Å². The van der Waals surface area contributed by atoms with Crippen LogP contribution in [0.1, 0.15) is 20.8 Å². The lowest BCUT2D eigenvalue weighted by Crippen LogP contribution is -2.18. The fraction of sp³-hybridized carbons (Fsp3) is 0.0833. The molecule has 0 aliphatic rings. The Balaban J connectivity index is 2.32. The van der Waals surface area contributed by atoms with Crippen molar-refractivity contribution in [3.63, 3.8) is 0 Å². The third kappa shape index (κ3) is 2.74. The van der Waals surface area contributed by atoms with Gasteiger partial charge in [-0.2, -0.15) is 5.10 Å². The van der Waals surface area contributed by atoms with Gasteiger partial charge >= 0.3 is 5.97 Å². The molecule has 0 unspecified atom stereocenters. The van der Waals surface area contributed by atoms with Crippen LogP contribution in [0.3, 0.4) is 0 Å². The molecular formula is C12H10ClN3O3. The number of anilines is 1. The Bertz CT molecular complexity index is 651. The number of nitrogens with zero attached hydrogens (tertiary/aromatic N) is 2. The Morgan fingerprint density at radius 3 is 2.68 bits per heavy atom. The number of aromatic nitrogens is 2. The zero-order valence-corrected chi connectivity index (χ0v) is 10.7. The third-order valence-electron chi connectivity index (χ3n) is 2.51. The second kappa shape index (κ2) is 5.11. The number of carboxylic acid groups (broad SMARTS) is 1. The van der Waals surface area contributed by atoms with E-state index < -0.39 is 11.9 Å². The Morgan fingerprint density at radius 2 is 2.11 bits per heavy atom. The van der Waals surface area contributed by atoms with E-state index in [-0.39, 0.29) is 16.3 Å². The molecule has 1 aromatic carbocycles. The van der Waals surface area contributed by atoms with Gasteiger partial charge in [0.05, 0.1) is 11.3 Å². The van der Waals surface area contributed by atoms with E-state index in [4.69, 9.17) is 16.7 Å². The summed E-state index contributed by atoms with van der Waals surface area (Å²) in [5.74, 6) is -1.60. The maximum absolute atomic E-state index is 12.0. The maximum atomic E-state index is 12.0. The number of halogens is 1. The summed E-state index contributed by atoms with van der Waals surface area (Å²) in [7, 11) is 1.62. The van der Waals surface area contributed by atoms with E-state index in [0.717, 1.165) is 0 Å². The molecule has 98 valence electrons. The predicted molar refractivity (Wildman–Crippen MR) is 69.6 cm³/mol. The Labute approximate surface area is 113 Å². The first kappa shape index (κ1) is 13.1.